The van der Waals surface area contributed by atoms with Crippen molar-refractivity contribution in [3.63, 3.8) is 0 Å². The van der Waals surface area contributed by atoms with Crippen molar-refractivity contribution in [3.8, 4) is 11.3 Å². The van der Waals surface area contributed by atoms with E-state index in [-0.39, 0.29) is 16.9 Å². The molecule has 0 fully saturated rings. The summed E-state index contributed by atoms with van der Waals surface area (Å²) in [5.41, 5.74) is 1.06. The second kappa shape index (κ2) is 5.45. The van der Waals surface area contributed by atoms with E-state index in [4.69, 9.17) is 9.25 Å². The molecule has 1 aliphatic rings. The molecule has 0 atom stereocenters. The third-order valence-electron chi connectivity index (χ3n) is 3.73. The summed E-state index contributed by atoms with van der Waals surface area (Å²) in [5, 5.41) is 4.46. The zero-order valence-electron chi connectivity index (χ0n) is 13.0. The minimum absolute atomic E-state index is 0.129. The van der Waals surface area contributed by atoms with Gasteiger partial charge in [-0.3, -0.25) is 14.3 Å². The monoisotopic (exact) mass is 337 g/mol. The van der Waals surface area contributed by atoms with Crippen LogP contribution in [0.4, 0.5) is 0 Å². The third kappa shape index (κ3) is 2.40. The van der Waals surface area contributed by atoms with E-state index in [2.05, 4.69) is 5.10 Å². The van der Waals surface area contributed by atoms with E-state index in [0.29, 0.717) is 16.4 Å². The van der Waals surface area contributed by atoms with Crippen LogP contribution in [-0.4, -0.2) is 32.6 Å². The van der Waals surface area contributed by atoms with Crippen LogP contribution in [-0.2, 0) is 11.9 Å². The zero-order chi connectivity index (χ0) is 17.6. The maximum Gasteiger partial charge on any atom is 0.399 e. The van der Waals surface area contributed by atoms with Gasteiger partial charge < -0.3 is 9.25 Å². The second-order valence-corrected chi connectivity index (χ2v) is 5.40. The highest BCUT2D eigenvalue weighted by Gasteiger charge is 2.39. The van der Waals surface area contributed by atoms with Crippen molar-refractivity contribution in [3.05, 3.63) is 65.7 Å². The molecule has 0 spiro atoms. The molecule has 8 nitrogen and oxygen atoms in total. The van der Waals surface area contributed by atoms with E-state index in [1.807, 2.05) is 0 Å². The molecule has 0 bridgehead atoms. The largest absolute Gasteiger partial charge is 0.449 e. The van der Waals surface area contributed by atoms with E-state index < -0.39 is 17.8 Å². The average molecular weight is 337 g/mol. The van der Waals surface area contributed by atoms with Gasteiger partial charge in [-0.25, -0.2) is 4.79 Å². The second-order valence-electron chi connectivity index (χ2n) is 5.40. The number of rotatable bonds is 3. The molecule has 2 aromatic heterocycles. The van der Waals surface area contributed by atoms with E-state index in [0.717, 1.165) is 0 Å². The van der Waals surface area contributed by atoms with Crippen molar-refractivity contribution in [2.75, 3.05) is 0 Å². The van der Waals surface area contributed by atoms with Crippen LogP contribution in [0.2, 0.25) is 0 Å². The lowest BCUT2D eigenvalue weighted by molar-refractivity contribution is -0.0602. The van der Waals surface area contributed by atoms with Crippen LogP contribution >= 0.6 is 0 Å². The highest BCUT2D eigenvalue weighted by molar-refractivity contribution is 6.21. The van der Waals surface area contributed by atoms with Crippen molar-refractivity contribution >= 4 is 17.8 Å². The minimum atomic E-state index is -0.940. The van der Waals surface area contributed by atoms with Gasteiger partial charge in [-0.05, 0) is 24.3 Å². The molecule has 0 N–H and O–H groups in total. The third-order valence-corrected chi connectivity index (χ3v) is 3.73. The molecule has 2 amide bonds. The van der Waals surface area contributed by atoms with Gasteiger partial charge in [-0.15, -0.1) is 0 Å². The van der Waals surface area contributed by atoms with Crippen molar-refractivity contribution in [2.24, 2.45) is 7.05 Å². The Hall–Kier alpha value is -3.68. The number of aryl methyl sites for hydroxylation is 1. The molecule has 25 heavy (non-hydrogen) atoms. The maximum atomic E-state index is 12.2. The maximum absolute atomic E-state index is 12.2. The van der Waals surface area contributed by atoms with Gasteiger partial charge in [0, 0.05) is 13.2 Å². The summed E-state index contributed by atoms with van der Waals surface area (Å²) >= 11 is 0. The summed E-state index contributed by atoms with van der Waals surface area (Å²) in [4.78, 5) is 41.5. The number of furan rings is 1. The van der Waals surface area contributed by atoms with Gasteiger partial charge >= 0.3 is 5.97 Å². The summed E-state index contributed by atoms with van der Waals surface area (Å²) < 4.78 is 7.02. The van der Waals surface area contributed by atoms with E-state index in [1.165, 1.54) is 18.2 Å². The number of hydroxylamine groups is 2. The lowest BCUT2D eigenvalue weighted by atomic mass is 10.1. The summed E-state index contributed by atoms with van der Waals surface area (Å²) in [7, 11) is 1.75. The lowest BCUT2D eigenvalue weighted by Gasteiger charge is -2.11. The fourth-order valence-corrected chi connectivity index (χ4v) is 2.53. The molecule has 8 heteroatoms. The van der Waals surface area contributed by atoms with E-state index in [1.54, 1.807) is 42.3 Å². The Morgan fingerprint density at radius 2 is 1.76 bits per heavy atom. The Morgan fingerprint density at radius 1 is 1.08 bits per heavy atom. The van der Waals surface area contributed by atoms with Gasteiger partial charge in [-0.2, -0.15) is 5.10 Å². The number of aromatic nitrogens is 2. The average Bonchev–Trinajstić information content (AvgIpc) is 3.31. The summed E-state index contributed by atoms with van der Waals surface area (Å²) in [6.45, 7) is 0. The van der Waals surface area contributed by atoms with Crippen molar-refractivity contribution in [1.29, 1.82) is 0 Å². The van der Waals surface area contributed by atoms with Crippen LogP contribution in [0.1, 0.15) is 31.3 Å². The normalized spacial score (nSPS) is 13.2. The molecule has 1 aromatic carbocycles. The zero-order valence-corrected chi connectivity index (χ0v) is 13.0. The summed E-state index contributed by atoms with van der Waals surface area (Å²) in [6.07, 6.45) is 3.30. The first-order valence-corrected chi connectivity index (χ1v) is 7.33. The Kier molecular flexibility index (Phi) is 3.24. The predicted molar refractivity (Wildman–Crippen MR) is 83.3 cm³/mol. The first-order valence-electron chi connectivity index (χ1n) is 7.33. The summed E-state index contributed by atoms with van der Waals surface area (Å²) in [5.74, 6) is -2.02. The van der Waals surface area contributed by atoms with Crippen LogP contribution in [0, 0.1) is 0 Å². The number of benzene rings is 1. The van der Waals surface area contributed by atoms with Crippen molar-refractivity contribution < 1.29 is 23.6 Å². The molecule has 0 saturated carbocycles. The van der Waals surface area contributed by atoms with Crippen LogP contribution in [0.25, 0.3) is 11.3 Å². The molecule has 3 heterocycles. The molecular weight excluding hydrogens is 326 g/mol. The van der Waals surface area contributed by atoms with Crippen LogP contribution < -0.4 is 0 Å². The molecule has 0 saturated heterocycles. The SMILES string of the molecule is Cn1cc(-c2ccc(C(=O)ON3C(=O)c4ccccc4C3=O)o2)cn1. The molecule has 0 radical (unpaired) electrons. The first-order chi connectivity index (χ1) is 12.0. The standard InChI is InChI=1S/C17H11N3O5/c1-19-9-10(8-18-19)13-6-7-14(24-13)17(23)25-20-15(21)11-4-2-3-5-12(11)16(20)22/h2-9H,1H3. The van der Waals surface area contributed by atoms with Gasteiger partial charge in [0.05, 0.1) is 22.9 Å². The number of carbonyl (C=O) groups is 3. The van der Waals surface area contributed by atoms with Crippen molar-refractivity contribution in [1.82, 2.24) is 14.8 Å². The number of fused-ring (bicyclic) bond motifs is 1. The van der Waals surface area contributed by atoms with Crippen LogP contribution in [0.3, 0.4) is 0 Å². The van der Waals surface area contributed by atoms with Gasteiger partial charge in [0.25, 0.3) is 11.8 Å². The van der Waals surface area contributed by atoms with E-state index >= 15 is 0 Å². The number of carbonyl (C=O) groups excluding carboxylic acids is 3. The molecule has 124 valence electrons. The smallest absolute Gasteiger partial charge is 0.399 e. The van der Waals surface area contributed by atoms with Gasteiger partial charge in [-0.1, -0.05) is 17.2 Å². The number of nitrogens with zero attached hydrogens (tertiary/aromatic N) is 3. The first kappa shape index (κ1) is 14.9. The number of hydrogen-bond donors (Lipinski definition) is 0. The number of amides is 2. The van der Waals surface area contributed by atoms with Gasteiger partial charge in [0.1, 0.15) is 5.76 Å². The Bertz CT molecular complexity index is 982. The fraction of sp³-hybridized carbons (Fsp3) is 0.0588. The lowest BCUT2D eigenvalue weighted by Crippen LogP contribution is -2.32. The Balaban J connectivity index is 1.55. The number of hydrogen-bond acceptors (Lipinski definition) is 6. The fourth-order valence-electron chi connectivity index (χ4n) is 2.53. The molecule has 4 rings (SSSR count). The molecule has 3 aromatic rings. The molecule has 0 aliphatic carbocycles. The quantitative estimate of drug-likeness (QED) is 0.679. The topological polar surface area (TPSA) is 94.6 Å². The Morgan fingerprint density at radius 3 is 2.36 bits per heavy atom. The van der Waals surface area contributed by atoms with Crippen LogP contribution in [0.5, 0.6) is 0 Å². The minimum Gasteiger partial charge on any atom is -0.449 e. The predicted octanol–water partition coefficient (Wildman–Crippen LogP) is 2.05. The molecule has 1 aliphatic heterocycles. The molecular formula is C17H11N3O5. The number of imide groups is 1. The highest BCUT2D eigenvalue weighted by Crippen LogP contribution is 2.25. The Labute approximate surface area is 141 Å². The van der Waals surface area contributed by atoms with Gasteiger partial charge in [0.2, 0.25) is 5.76 Å². The molecule has 0 unspecified atom stereocenters. The van der Waals surface area contributed by atoms with E-state index in [9.17, 15) is 14.4 Å². The van der Waals surface area contributed by atoms with Crippen LogP contribution in [0.15, 0.2) is 53.2 Å². The van der Waals surface area contributed by atoms with Gasteiger partial charge in [0.15, 0.2) is 0 Å². The summed E-state index contributed by atoms with van der Waals surface area (Å²) in [6, 6.07) is 9.23. The highest BCUT2D eigenvalue weighted by atomic mass is 16.7. The van der Waals surface area contributed by atoms with Crippen molar-refractivity contribution in [2.45, 2.75) is 0 Å².